The van der Waals surface area contributed by atoms with Crippen LogP contribution in [0.2, 0.25) is 0 Å². The third-order valence-corrected chi connectivity index (χ3v) is 0.815. The largest absolute Gasteiger partial charge is 0.282 e. The molecule has 0 rings (SSSR count). The topological polar surface area (TPSA) is 28.0 Å². The van der Waals surface area contributed by atoms with Crippen LogP contribution in [0, 0.1) is 0 Å². The lowest BCUT2D eigenvalue weighted by Gasteiger charge is -2.04. The van der Waals surface area contributed by atoms with Crippen LogP contribution in [0.4, 0.5) is 0 Å². The number of rotatable bonds is 3. The summed E-state index contributed by atoms with van der Waals surface area (Å²) in [4.78, 5) is 0. The van der Waals surface area contributed by atoms with Crippen LogP contribution in [-0.4, -0.2) is 25.1 Å². The molecule has 0 unspecified atom stereocenters. The molecular formula is C5H13N3. The molecule has 0 aliphatic heterocycles. The van der Waals surface area contributed by atoms with E-state index in [4.69, 9.17) is 0 Å². The minimum absolute atomic E-state index is 0.768. The highest BCUT2D eigenvalue weighted by molar-refractivity contribution is 4.30. The molecule has 0 bridgehead atoms. The molecule has 0 aromatic heterocycles. The van der Waals surface area contributed by atoms with Gasteiger partial charge in [-0.25, -0.2) is 0 Å². The fourth-order valence-corrected chi connectivity index (χ4v) is 0.234. The Hall–Kier alpha value is -0.600. The molecule has 0 fully saturated rings. The number of nitrogens with zero attached hydrogens (tertiary/aromatic N) is 3. The van der Waals surface area contributed by atoms with Gasteiger partial charge in [-0.05, 0) is 13.8 Å². The summed E-state index contributed by atoms with van der Waals surface area (Å²) < 4.78 is 0. The Balaban J connectivity index is 3.21. The van der Waals surface area contributed by atoms with E-state index in [1.807, 2.05) is 20.9 Å². The monoisotopic (exact) mass is 115 g/mol. The van der Waals surface area contributed by atoms with E-state index in [0.29, 0.717) is 0 Å². The summed E-state index contributed by atoms with van der Waals surface area (Å²) >= 11 is 0. The van der Waals surface area contributed by atoms with Crippen LogP contribution in [0.15, 0.2) is 10.3 Å². The number of hydrogen-bond donors (Lipinski definition) is 0. The molecule has 8 heavy (non-hydrogen) atoms. The second-order valence-electron chi connectivity index (χ2n) is 1.52. The molecule has 0 aromatic rings. The minimum Gasteiger partial charge on any atom is -0.282 e. The highest BCUT2D eigenvalue weighted by Gasteiger charge is 1.80. The van der Waals surface area contributed by atoms with E-state index in [9.17, 15) is 0 Å². The fraction of sp³-hybridized carbons (Fsp3) is 1.00. The van der Waals surface area contributed by atoms with Crippen molar-refractivity contribution in [2.24, 2.45) is 10.3 Å². The second kappa shape index (κ2) is 4.56. The summed E-state index contributed by atoms with van der Waals surface area (Å²) in [5.74, 6) is 0. The van der Waals surface area contributed by atoms with Gasteiger partial charge < -0.3 is 0 Å². The second-order valence-corrected chi connectivity index (χ2v) is 1.52. The fourth-order valence-electron chi connectivity index (χ4n) is 0.234. The molecule has 3 nitrogen and oxygen atoms in total. The maximum atomic E-state index is 3.82. The van der Waals surface area contributed by atoms with Crippen LogP contribution >= 0.6 is 0 Å². The summed E-state index contributed by atoms with van der Waals surface area (Å²) in [5.41, 5.74) is 0. The van der Waals surface area contributed by atoms with E-state index in [0.717, 1.165) is 13.1 Å². The van der Waals surface area contributed by atoms with E-state index >= 15 is 0 Å². The van der Waals surface area contributed by atoms with Crippen molar-refractivity contribution in [3.63, 3.8) is 0 Å². The SMILES string of the molecule is CC/N=N\N(C)CC. The summed E-state index contributed by atoms with van der Waals surface area (Å²) in [6, 6.07) is 0. The molecule has 3 heteroatoms. The Morgan fingerprint density at radius 2 is 2.00 bits per heavy atom. The van der Waals surface area contributed by atoms with Crippen LogP contribution in [0.5, 0.6) is 0 Å². The molecule has 48 valence electrons. The third kappa shape index (κ3) is 3.59. The standard InChI is InChI=1S/C5H13N3/c1-4-6-7-8(3)5-2/h4-5H2,1-3H3/b7-6-. The first-order valence-electron chi connectivity index (χ1n) is 2.89. The van der Waals surface area contributed by atoms with E-state index in [1.54, 1.807) is 5.01 Å². The smallest absolute Gasteiger partial charge is 0.0592 e. The molecule has 0 saturated heterocycles. The molecule has 0 heterocycles. The summed E-state index contributed by atoms with van der Waals surface area (Å²) in [6.45, 7) is 5.69. The van der Waals surface area contributed by atoms with Crippen LogP contribution in [0.1, 0.15) is 13.8 Å². The molecule has 0 amide bonds. The lowest BCUT2D eigenvalue weighted by atomic mass is 10.7. The Bertz CT molecular complexity index is 70.1. The average Bonchev–Trinajstić information content (AvgIpc) is 1.83. The maximum Gasteiger partial charge on any atom is 0.0592 e. The molecule has 0 radical (unpaired) electrons. The molecule has 0 atom stereocenters. The van der Waals surface area contributed by atoms with Crippen LogP contribution in [-0.2, 0) is 0 Å². The summed E-state index contributed by atoms with van der Waals surface area (Å²) in [7, 11) is 1.90. The van der Waals surface area contributed by atoms with E-state index in [1.165, 1.54) is 0 Å². The zero-order valence-corrected chi connectivity index (χ0v) is 5.76. The maximum absolute atomic E-state index is 3.82. The van der Waals surface area contributed by atoms with Crippen molar-refractivity contribution >= 4 is 0 Å². The van der Waals surface area contributed by atoms with Crippen molar-refractivity contribution in [3.05, 3.63) is 0 Å². The van der Waals surface area contributed by atoms with Gasteiger partial charge in [0.2, 0.25) is 0 Å². The Morgan fingerprint density at radius 3 is 2.38 bits per heavy atom. The molecule has 0 aliphatic rings. The molecule has 0 saturated carbocycles. The van der Waals surface area contributed by atoms with Crippen LogP contribution < -0.4 is 0 Å². The van der Waals surface area contributed by atoms with Crippen LogP contribution in [0.25, 0.3) is 0 Å². The minimum atomic E-state index is 0.768. The van der Waals surface area contributed by atoms with Gasteiger partial charge in [0.1, 0.15) is 0 Å². The first-order chi connectivity index (χ1) is 3.81. The van der Waals surface area contributed by atoms with Crippen molar-refractivity contribution in [3.8, 4) is 0 Å². The Kier molecular flexibility index (Phi) is 4.21. The highest BCUT2D eigenvalue weighted by Crippen LogP contribution is 1.81. The van der Waals surface area contributed by atoms with Gasteiger partial charge in [0.05, 0.1) is 6.54 Å². The lowest BCUT2D eigenvalue weighted by Crippen LogP contribution is -2.07. The molecule has 0 aliphatic carbocycles. The van der Waals surface area contributed by atoms with Gasteiger partial charge in [0, 0.05) is 13.6 Å². The lowest BCUT2D eigenvalue weighted by molar-refractivity contribution is 0.345. The normalized spacial score (nSPS) is 10.4. The van der Waals surface area contributed by atoms with Crippen molar-refractivity contribution < 1.29 is 0 Å². The molecular weight excluding hydrogens is 102 g/mol. The van der Waals surface area contributed by atoms with Crippen molar-refractivity contribution in [2.45, 2.75) is 13.8 Å². The van der Waals surface area contributed by atoms with E-state index in [2.05, 4.69) is 10.3 Å². The van der Waals surface area contributed by atoms with Gasteiger partial charge in [0.25, 0.3) is 0 Å². The highest BCUT2D eigenvalue weighted by atomic mass is 15.5. The average molecular weight is 115 g/mol. The van der Waals surface area contributed by atoms with Gasteiger partial charge in [-0.3, -0.25) is 5.01 Å². The Labute approximate surface area is 50.4 Å². The van der Waals surface area contributed by atoms with Crippen LogP contribution in [0.3, 0.4) is 0 Å². The first-order valence-corrected chi connectivity index (χ1v) is 2.89. The molecule has 0 N–H and O–H groups in total. The van der Waals surface area contributed by atoms with Gasteiger partial charge in [0.15, 0.2) is 0 Å². The van der Waals surface area contributed by atoms with E-state index in [-0.39, 0.29) is 0 Å². The molecule has 0 spiro atoms. The predicted octanol–water partition coefficient (Wildman–Crippen LogP) is 1.33. The zero-order chi connectivity index (χ0) is 6.41. The van der Waals surface area contributed by atoms with E-state index < -0.39 is 0 Å². The van der Waals surface area contributed by atoms with Crippen molar-refractivity contribution in [2.75, 3.05) is 20.1 Å². The number of hydrogen-bond acceptors (Lipinski definition) is 2. The van der Waals surface area contributed by atoms with Crippen molar-refractivity contribution in [1.82, 2.24) is 5.01 Å². The zero-order valence-electron chi connectivity index (χ0n) is 5.76. The summed E-state index contributed by atoms with van der Waals surface area (Å²) in [6.07, 6.45) is 0. The quantitative estimate of drug-likeness (QED) is 0.402. The first kappa shape index (κ1) is 7.40. The van der Waals surface area contributed by atoms with Gasteiger partial charge >= 0.3 is 0 Å². The Morgan fingerprint density at radius 1 is 1.38 bits per heavy atom. The van der Waals surface area contributed by atoms with Crippen molar-refractivity contribution in [1.29, 1.82) is 0 Å². The predicted molar refractivity (Wildman–Crippen MR) is 33.7 cm³/mol. The van der Waals surface area contributed by atoms with Gasteiger partial charge in [-0.15, -0.1) is 0 Å². The summed E-state index contributed by atoms with van der Waals surface area (Å²) in [5, 5.41) is 9.41. The van der Waals surface area contributed by atoms with Gasteiger partial charge in [-0.1, -0.05) is 5.22 Å². The molecule has 0 aromatic carbocycles. The van der Waals surface area contributed by atoms with Gasteiger partial charge in [-0.2, -0.15) is 5.11 Å². The third-order valence-electron chi connectivity index (χ3n) is 0.815.